The Balaban J connectivity index is 2.15. The van der Waals surface area contributed by atoms with Crippen LogP contribution in [0.2, 0.25) is 0 Å². The van der Waals surface area contributed by atoms with E-state index in [0.29, 0.717) is 11.4 Å². The maximum Gasteiger partial charge on any atom is 0.226 e. The van der Waals surface area contributed by atoms with Crippen molar-refractivity contribution in [1.82, 2.24) is 9.78 Å². The van der Waals surface area contributed by atoms with E-state index in [4.69, 9.17) is 0 Å². The third-order valence-corrected chi connectivity index (χ3v) is 3.79. The molecule has 1 aliphatic heterocycles. The van der Waals surface area contributed by atoms with Gasteiger partial charge in [0.1, 0.15) is 17.5 Å². The van der Waals surface area contributed by atoms with Crippen LogP contribution in [0, 0.1) is 11.6 Å². The molecule has 116 valence electrons. The number of carbonyl (C=O) groups excluding carboxylic acids is 1. The molecule has 1 amide bonds. The average molecular weight is 305 g/mol. The number of amides is 1. The van der Waals surface area contributed by atoms with Crippen LogP contribution in [0.4, 0.5) is 14.6 Å². The molecule has 1 unspecified atom stereocenters. The molecular weight excluding hydrogens is 288 g/mol. The molecule has 1 aromatic carbocycles. The Bertz CT molecular complexity index is 746. The van der Waals surface area contributed by atoms with Crippen LogP contribution < -0.4 is 5.32 Å². The van der Waals surface area contributed by atoms with E-state index in [1.807, 2.05) is 20.8 Å². The van der Waals surface area contributed by atoms with Crippen molar-refractivity contribution in [3.8, 4) is 0 Å². The Morgan fingerprint density at radius 3 is 2.68 bits per heavy atom. The van der Waals surface area contributed by atoms with Crippen molar-refractivity contribution in [3.63, 3.8) is 0 Å². The molecule has 0 saturated carbocycles. The van der Waals surface area contributed by atoms with E-state index in [1.54, 1.807) is 10.9 Å². The summed E-state index contributed by atoms with van der Waals surface area (Å²) in [6, 6.07) is 3.31. The number of hydrogen-bond donors (Lipinski definition) is 1. The monoisotopic (exact) mass is 305 g/mol. The van der Waals surface area contributed by atoms with Crippen molar-refractivity contribution in [2.45, 2.75) is 38.6 Å². The predicted octanol–water partition coefficient (Wildman–Crippen LogP) is 3.39. The fourth-order valence-electron chi connectivity index (χ4n) is 2.79. The number of rotatable bonds is 1. The summed E-state index contributed by atoms with van der Waals surface area (Å²) in [5.41, 5.74) is 0.562. The first-order valence-electron chi connectivity index (χ1n) is 7.10. The molecular formula is C16H17F2N3O. The van der Waals surface area contributed by atoms with Crippen LogP contribution in [-0.4, -0.2) is 15.7 Å². The first kappa shape index (κ1) is 14.7. The van der Waals surface area contributed by atoms with Gasteiger partial charge in [0.2, 0.25) is 5.91 Å². The molecule has 6 heteroatoms. The van der Waals surface area contributed by atoms with Gasteiger partial charge in [0.25, 0.3) is 0 Å². The lowest BCUT2D eigenvalue weighted by Crippen LogP contribution is -2.30. The van der Waals surface area contributed by atoms with E-state index in [0.717, 1.165) is 18.2 Å². The largest absolute Gasteiger partial charge is 0.311 e. The zero-order valence-corrected chi connectivity index (χ0v) is 12.7. The fraction of sp³-hybridized carbons (Fsp3) is 0.375. The van der Waals surface area contributed by atoms with Gasteiger partial charge in [0.05, 0.1) is 11.7 Å². The Kier molecular flexibility index (Phi) is 3.27. The van der Waals surface area contributed by atoms with Crippen LogP contribution in [0.25, 0.3) is 0 Å². The number of hydrogen-bond acceptors (Lipinski definition) is 2. The second-order valence-electron chi connectivity index (χ2n) is 6.50. The van der Waals surface area contributed by atoms with Crippen LogP contribution >= 0.6 is 0 Å². The van der Waals surface area contributed by atoms with E-state index >= 15 is 0 Å². The molecule has 0 saturated heterocycles. The minimum Gasteiger partial charge on any atom is -0.311 e. The van der Waals surface area contributed by atoms with Crippen LogP contribution in [0.5, 0.6) is 0 Å². The number of fused-ring (bicyclic) bond motifs is 1. The van der Waals surface area contributed by atoms with E-state index in [9.17, 15) is 13.6 Å². The van der Waals surface area contributed by atoms with Gasteiger partial charge in [-0.3, -0.25) is 4.79 Å². The third kappa shape index (κ3) is 2.38. The molecule has 0 fully saturated rings. The number of aromatic nitrogens is 2. The van der Waals surface area contributed by atoms with Crippen LogP contribution in [-0.2, 0) is 10.3 Å². The molecule has 1 aromatic heterocycles. The van der Waals surface area contributed by atoms with Crippen molar-refractivity contribution < 1.29 is 13.6 Å². The lowest BCUT2D eigenvalue weighted by molar-refractivity contribution is -0.116. The lowest BCUT2D eigenvalue weighted by Gasteiger charge is -2.28. The lowest BCUT2D eigenvalue weighted by atomic mass is 9.87. The van der Waals surface area contributed by atoms with Gasteiger partial charge in [0, 0.05) is 17.9 Å². The van der Waals surface area contributed by atoms with Gasteiger partial charge >= 0.3 is 0 Å². The van der Waals surface area contributed by atoms with Gasteiger partial charge in [0.15, 0.2) is 0 Å². The topological polar surface area (TPSA) is 46.9 Å². The highest BCUT2D eigenvalue weighted by molar-refractivity contribution is 5.94. The van der Waals surface area contributed by atoms with E-state index < -0.39 is 17.6 Å². The highest BCUT2D eigenvalue weighted by atomic mass is 19.1. The number of anilines is 1. The molecule has 0 bridgehead atoms. The molecule has 22 heavy (non-hydrogen) atoms. The Hall–Kier alpha value is -2.24. The quantitative estimate of drug-likeness (QED) is 0.878. The fourth-order valence-corrected chi connectivity index (χ4v) is 2.79. The number of halogens is 2. The molecule has 3 rings (SSSR count). The minimum atomic E-state index is -0.532. The van der Waals surface area contributed by atoms with E-state index in [-0.39, 0.29) is 23.4 Å². The molecule has 2 aromatic rings. The number of benzene rings is 1. The predicted molar refractivity (Wildman–Crippen MR) is 78.7 cm³/mol. The molecule has 0 aliphatic carbocycles. The first-order chi connectivity index (χ1) is 10.3. The van der Waals surface area contributed by atoms with Crippen molar-refractivity contribution in [1.29, 1.82) is 0 Å². The highest BCUT2D eigenvalue weighted by Crippen LogP contribution is 2.39. The summed E-state index contributed by atoms with van der Waals surface area (Å²) >= 11 is 0. The standard InChI is InChI=1S/C16H17F2N3O/c1-16(2,3)21-15-12(8-19-21)10(7-14(22)20-15)11-6-9(17)4-5-13(11)18/h4-6,8,10H,7H2,1-3H3,(H,20,22). The van der Waals surface area contributed by atoms with Crippen molar-refractivity contribution in [2.75, 3.05) is 5.32 Å². The third-order valence-electron chi connectivity index (χ3n) is 3.79. The summed E-state index contributed by atoms with van der Waals surface area (Å²) in [4.78, 5) is 12.0. The second-order valence-corrected chi connectivity index (χ2v) is 6.50. The molecule has 4 nitrogen and oxygen atoms in total. The van der Waals surface area contributed by atoms with Gasteiger partial charge in [-0.25, -0.2) is 13.5 Å². The molecule has 0 radical (unpaired) electrons. The van der Waals surface area contributed by atoms with Crippen molar-refractivity contribution >= 4 is 11.7 Å². The van der Waals surface area contributed by atoms with Crippen LogP contribution in [0.1, 0.15) is 44.2 Å². The highest BCUT2D eigenvalue weighted by Gasteiger charge is 2.33. The summed E-state index contributed by atoms with van der Waals surface area (Å²) in [6.45, 7) is 5.87. The summed E-state index contributed by atoms with van der Waals surface area (Å²) in [6.07, 6.45) is 1.69. The maximum absolute atomic E-state index is 14.1. The summed E-state index contributed by atoms with van der Waals surface area (Å²) in [5.74, 6) is -1.25. The van der Waals surface area contributed by atoms with Gasteiger partial charge in [-0.05, 0) is 44.5 Å². The van der Waals surface area contributed by atoms with Gasteiger partial charge in [-0.1, -0.05) is 0 Å². The SMILES string of the molecule is CC(C)(C)n1ncc2c1NC(=O)CC2c1cc(F)ccc1F. The smallest absolute Gasteiger partial charge is 0.226 e. The first-order valence-corrected chi connectivity index (χ1v) is 7.10. The van der Waals surface area contributed by atoms with Crippen molar-refractivity contribution in [2.24, 2.45) is 0 Å². The van der Waals surface area contributed by atoms with Gasteiger partial charge in [-0.2, -0.15) is 5.10 Å². The maximum atomic E-state index is 14.1. The molecule has 1 atom stereocenters. The summed E-state index contributed by atoms with van der Waals surface area (Å²) in [5, 5.41) is 7.11. The number of carbonyl (C=O) groups is 1. The average Bonchev–Trinajstić information content (AvgIpc) is 2.84. The molecule has 2 heterocycles. The molecule has 1 aliphatic rings. The molecule has 1 N–H and O–H groups in total. The zero-order valence-electron chi connectivity index (χ0n) is 12.7. The number of nitrogens with one attached hydrogen (secondary N) is 1. The minimum absolute atomic E-state index is 0.0726. The van der Waals surface area contributed by atoms with Gasteiger partial charge < -0.3 is 5.32 Å². The van der Waals surface area contributed by atoms with Gasteiger partial charge in [-0.15, -0.1) is 0 Å². The second kappa shape index (κ2) is 4.90. The summed E-state index contributed by atoms with van der Waals surface area (Å²) in [7, 11) is 0. The Morgan fingerprint density at radius 1 is 1.27 bits per heavy atom. The van der Waals surface area contributed by atoms with Crippen LogP contribution in [0.15, 0.2) is 24.4 Å². The van der Waals surface area contributed by atoms with E-state index in [1.165, 1.54) is 0 Å². The normalized spacial score (nSPS) is 18.0. The van der Waals surface area contributed by atoms with Crippen LogP contribution in [0.3, 0.4) is 0 Å². The summed E-state index contributed by atoms with van der Waals surface area (Å²) < 4.78 is 29.3. The zero-order chi connectivity index (χ0) is 16.1. The van der Waals surface area contributed by atoms with E-state index in [2.05, 4.69) is 10.4 Å². The van der Waals surface area contributed by atoms with Crippen molar-refractivity contribution in [3.05, 3.63) is 47.2 Å². The number of nitrogens with zero attached hydrogens (tertiary/aromatic N) is 2. The molecule has 0 spiro atoms. The Labute approximate surface area is 127 Å². The Morgan fingerprint density at radius 2 is 2.00 bits per heavy atom.